The van der Waals surface area contributed by atoms with Crippen molar-refractivity contribution in [3.63, 3.8) is 0 Å². The van der Waals surface area contributed by atoms with Crippen molar-refractivity contribution in [1.29, 1.82) is 0 Å². The molecule has 0 unspecified atom stereocenters. The minimum Gasteiger partial charge on any atom is -0.283 e. The Labute approximate surface area is 142 Å². The Kier molecular flexibility index (Phi) is 3.56. The Balaban J connectivity index is 1.67. The zero-order valence-electron chi connectivity index (χ0n) is 12.5. The molecule has 23 heavy (non-hydrogen) atoms. The summed E-state index contributed by atoms with van der Waals surface area (Å²) in [4.78, 5) is 2.89. The molecule has 0 N–H and O–H groups in total. The van der Waals surface area contributed by atoms with Crippen LogP contribution < -0.4 is 0 Å². The molecule has 0 bridgehead atoms. The molecule has 0 spiro atoms. The van der Waals surface area contributed by atoms with Gasteiger partial charge in [-0.25, -0.2) is 13.1 Å². The molecule has 3 aromatic rings. The van der Waals surface area contributed by atoms with Gasteiger partial charge < -0.3 is 0 Å². The highest BCUT2D eigenvalue weighted by Gasteiger charge is 2.30. The summed E-state index contributed by atoms with van der Waals surface area (Å²) in [6, 6.07) is 8.13. The number of hydrogen-bond acceptors (Lipinski definition) is 6. The highest BCUT2D eigenvalue weighted by molar-refractivity contribution is 7.91. The summed E-state index contributed by atoms with van der Waals surface area (Å²) in [6.07, 6.45) is 0.678. The van der Waals surface area contributed by atoms with E-state index in [2.05, 4.69) is 11.2 Å². The van der Waals surface area contributed by atoms with Gasteiger partial charge in [0.2, 0.25) is 9.73 Å². The van der Waals surface area contributed by atoms with Crippen molar-refractivity contribution in [1.82, 2.24) is 19.1 Å². The molecular weight excluding hydrogens is 352 g/mol. The summed E-state index contributed by atoms with van der Waals surface area (Å²) in [5.74, 6) is 0.498. The van der Waals surface area contributed by atoms with Gasteiger partial charge in [0.25, 0.3) is 0 Å². The molecule has 4 rings (SSSR count). The van der Waals surface area contributed by atoms with Gasteiger partial charge >= 0.3 is 0 Å². The molecule has 0 amide bonds. The first-order valence-electron chi connectivity index (χ1n) is 7.32. The van der Waals surface area contributed by atoms with Crippen molar-refractivity contribution in [2.24, 2.45) is 0 Å². The van der Waals surface area contributed by atoms with E-state index < -0.39 is 9.84 Å². The van der Waals surface area contributed by atoms with Crippen molar-refractivity contribution < 1.29 is 8.42 Å². The normalized spacial score (nSPS) is 20.9. The fraction of sp³-hybridized carbons (Fsp3) is 0.429. The summed E-state index contributed by atoms with van der Waals surface area (Å²) in [5.41, 5.74) is 1.06. The van der Waals surface area contributed by atoms with Gasteiger partial charge in [-0.05, 0) is 37.8 Å². The predicted octanol–water partition coefficient (Wildman–Crippen LogP) is 2.16. The number of benzene rings is 1. The maximum absolute atomic E-state index is 11.6. The molecule has 0 aliphatic carbocycles. The first-order valence-corrected chi connectivity index (χ1v) is 10.4. The zero-order valence-corrected chi connectivity index (χ0v) is 15.0. The Morgan fingerprint density at radius 3 is 2.96 bits per heavy atom. The lowest BCUT2D eigenvalue weighted by Crippen LogP contribution is -2.34. The highest BCUT2D eigenvalue weighted by Crippen LogP contribution is 2.26. The van der Waals surface area contributed by atoms with Crippen molar-refractivity contribution in [2.45, 2.75) is 19.1 Å². The second kappa shape index (κ2) is 5.37. The Bertz CT molecular complexity index is 1050. The lowest BCUT2D eigenvalue weighted by Gasteiger charge is -2.22. The van der Waals surface area contributed by atoms with Crippen LogP contribution in [0.5, 0.6) is 0 Å². The van der Waals surface area contributed by atoms with Crippen LogP contribution in [0.15, 0.2) is 24.3 Å². The number of rotatable bonds is 3. The lowest BCUT2D eigenvalue weighted by atomic mass is 10.2. The minimum absolute atomic E-state index is 0.0402. The third-order valence-electron chi connectivity index (χ3n) is 4.31. The van der Waals surface area contributed by atoms with E-state index in [1.807, 2.05) is 34.5 Å². The number of hydrogen-bond donors (Lipinski definition) is 0. The predicted molar refractivity (Wildman–Crippen MR) is 94.2 cm³/mol. The summed E-state index contributed by atoms with van der Waals surface area (Å²) < 4.78 is 28.8. The SMILES string of the molecule is CN(Cn1nc2sc3ccccc3n2c1=S)[C@@H]1CCS(=O)(=O)C1. The molecule has 1 saturated heterocycles. The standard InChI is InChI=1S/C14H16N4O2S3/c1-16(10-6-7-23(19,20)8-10)9-17-14(21)18-11-4-2-3-5-12(11)22-13(18)15-17/h2-5,10H,6-9H2,1H3/t10-/m1/s1. The van der Waals surface area contributed by atoms with E-state index in [4.69, 9.17) is 12.2 Å². The van der Waals surface area contributed by atoms with E-state index in [1.165, 1.54) is 0 Å². The van der Waals surface area contributed by atoms with E-state index in [9.17, 15) is 8.42 Å². The van der Waals surface area contributed by atoms with Gasteiger partial charge in [0.05, 0.1) is 28.4 Å². The number of sulfone groups is 1. The van der Waals surface area contributed by atoms with E-state index in [0.29, 0.717) is 17.9 Å². The van der Waals surface area contributed by atoms with Crippen LogP contribution in [-0.2, 0) is 16.5 Å². The topological polar surface area (TPSA) is 59.6 Å². The van der Waals surface area contributed by atoms with Crippen LogP contribution in [0.2, 0.25) is 0 Å². The van der Waals surface area contributed by atoms with Gasteiger partial charge in [-0.2, -0.15) is 0 Å². The van der Waals surface area contributed by atoms with Crippen LogP contribution in [0.3, 0.4) is 0 Å². The number of para-hydroxylation sites is 1. The number of aromatic nitrogens is 3. The van der Waals surface area contributed by atoms with Crippen molar-refractivity contribution in [3.8, 4) is 0 Å². The van der Waals surface area contributed by atoms with Gasteiger partial charge in [0, 0.05) is 6.04 Å². The van der Waals surface area contributed by atoms with Crippen molar-refractivity contribution >= 4 is 48.6 Å². The van der Waals surface area contributed by atoms with Crippen molar-refractivity contribution in [2.75, 3.05) is 18.6 Å². The third-order valence-corrected chi connectivity index (χ3v) is 7.46. The molecule has 9 heteroatoms. The molecule has 3 heterocycles. The first-order chi connectivity index (χ1) is 10.9. The maximum Gasteiger partial charge on any atom is 0.216 e. The Hall–Kier alpha value is -1.29. The Morgan fingerprint density at radius 2 is 2.22 bits per heavy atom. The van der Waals surface area contributed by atoms with Gasteiger partial charge in [0.1, 0.15) is 0 Å². The average Bonchev–Trinajstić information content (AvgIpc) is 3.13. The minimum atomic E-state index is -2.89. The van der Waals surface area contributed by atoms with Crippen LogP contribution in [-0.4, -0.2) is 52.1 Å². The lowest BCUT2D eigenvalue weighted by molar-refractivity contribution is 0.197. The fourth-order valence-electron chi connectivity index (χ4n) is 3.03. The third kappa shape index (κ3) is 2.61. The fourth-order valence-corrected chi connectivity index (χ4v) is 6.20. The monoisotopic (exact) mass is 368 g/mol. The Morgan fingerprint density at radius 1 is 1.43 bits per heavy atom. The molecule has 0 radical (unpaired) electrons. The van der Waals surface area contributed by atoms with E-state index in [0.717, 1.165) is 15.2 Å². The van der Waals surface area contributed by atoms with Crippen LogP contribution in [0.25, 0.3) is 15.2 Å². The van der Waals surface area contributed by atoms with Crippen LogP contribution in [0.1, 0.15) is 6.42 Å². The van der Waals surface area contributed by atoms with Gasteiger partial charge in [-0.3, -0.25) is 9.30 Å². The van der Waals surface area contributed by atoms with E-state index >= 15 is 0 Å². The van der Waals surface area contributed by atoms with Gasteiger partial charge in [-0.1, -0.05) is 23.5 Å². The quantitative estimate of drug-likeness (QED) is 0.663. The molecule has 1 aliphatic rings. The molecule has 2 aromatic heterocycles. The molecule has 6 nitrogen and oxygen atoms in total. The summed E-state index contributed by atoms with van der Waals surface area (Å²) in [6.45, 7) is 0.502. The average molecular weight is 369 g/mol. The largest absolute Gasteiger partial charge is 0.283 e. The van der Waals surface area contributed by atoms with Crippen molar-refractivity contribution in [3.05, 3.63) is 29.0 Å². The second-order valence-electron chi connectivity index (χ2n) is 5.93. The summed E-state index contributed by atoms with van der Waals surface area (Å²) in [5, 5.41) is 4.60. The number of fused-ring (bicyclic) bond motifs is 3. The maximum atomic E-state index is 11.6. The van der Waals surface area contributed by atoms with Crippen LogP contribution in [0.4, 0.5) is 0 Å². The highest BCUT2D eigenvalue weighted by atomic mass is 32.2. The van der Waals surface area contributed by atoms with Gasteiger partial charge in [0.15, 0.2) is 9.84 Å². The molecule has 1 aromatic carbocycles. The molecular formula is C14H16N4O2S3. The first kappa shape index (κ1) is 15.3. The summed E-state index contributed by atoms with van der Waals surface area (Å²) in [7, 11) is -0.957. The molecule has 1 atom stereocenters. The second-order valence-corrected chi connectivity index (χ2v) is 9.53. The van der Waals surface area contributed by atoms with Crippen LogP contribution in [0, 0.1) is 4.77 Å². The molecule has 1 aliphatic heterocycles. The smallest absolute Gasteiger partial charge is 0.216 e. The number of nitrogens with zero attached hydrogens (tertiary/aromatic N) is 4. The van der Waals surface area contributed by atoms with E-state index in [-0.39, 0.29) is 17.5 Å². The number of thiazole rings is 1. The van der Waals surface area contributed by atoms with Gasteiger partial charge in [-0.15, -0.1) is 5.10 Å². The summed E-state index contributed by atoms with van der Waals surface area (Å²) >= 11 is 7.18. The molecule has 122 valence electrons. The molecule has 1 fully saturated rings. The van der Waals surface area contributed by atoms with Crippen LogP contribution >= 0.6 is 23.6 Å². The molecule has 0 saturated carbocycles. The van der Waals surface area contributed by atoms with E-state index in [1.54, 1.807) is 16.0 Å². The zero-order chi connectivity index (χ0) is 16.2.